The van der Waals surface area contributed by atoms with Crippen molar-refractivity contribution in [3.63, 3.8) is 0 Å². The summed E-state index contributed by atoms with van der Waals surface area (Å²) in [6, 6.07) is 21.1. The van der Waals surface area contributed by atoms with Crippen LogP contribution in [0, 0.1) is 0 Å². The predicted molar refractivity (Wildman–Crippen MR) is 99.3 cm³/mol. The molecule has 25 heavy (non-hydrogen) atoms. The summed E-state index contributed by atoms with van der Waals surface area (Å²) in [6.45, 7) is 0. The van der Waals surface area contributed by atoms with E-state index in [1.54, 1.807) is 12.4 Å². The van der Waals surface area contributed by atoms with Gasteiger partial charge in [-0.1, -0.05) is 53.7 Å². The first-order chi connectivity index (χ1) is 12.4. The van der Waals surface area contributed by atoms with Gasteiger partial charge in [0.2, 0.25) is 0 Å². The Morgan fingerprint density at radius 2 is 1.44 bits per heavy atom. The second-order valence-electron chi connectivity index (χ2n) is 6.44. The minimum absolute atomic E-state index is 0.189. The molecule has 1 N–H and O–H groups in total. The zero-order valence-corrected chi connectivity index (χ0v) is 14.0. The number of nitrogens with zero attached hydrogens (tertiary/aromatic N) is 2. The summed E-state index contributed by atoms with van der Waals surface area (Å²) in [4.78, 5) is 4.06. The SMILES string of the molecule is O/N=C(\CC1c2ccccc2CCc2ccccc21)c1ccncc1. The second-order valence-corrected chi connectivity index (χ2v) is 6.44. The van der Waals surface area contributed by atoms with Crippen molar-refractivity contribution >= 4 is 5.71 Å². The molecule has 1 aliphatic carbocycles. The minimum Gasteiger partial charge on any atom is -0.411 e. The molecule has 0 bridgehead atoms. The zero-order chi connectivity index (χ0) is 17.1. The van der Waals surface area contributed by atoms with Crippen molar-refractivity contribution in [1.29, 1.82) is 0 Å². The maximum Gasteiger partial charge on any atom is 0.0878 e. The summed E-state index contributed by atoms with van der Waals surface area (Å²) in [5.74, 6) is 0.189. The van der Waals surface area contributed by atoms with E-state index in [1.165, 1.54) is 22.3 Å². The fraction of sp³-hybridized carbons (Fsp3) is 0.182. The lowest BCUT2D eigenvalue weighted by Crippen LogP contribution is -2.12. The Kier molecular flexibility index (Phi) is 4.30. The molecule has 0 aliphatic heterocycles. The molecule has 0 spiro atoms. The number of benzene rings is 2. The molecule has 3 heteroatoms. The number of oxime groups is 1. The number of aryl methyl sites for hydroxylation is 2. The molecule has 3 aromatic rings. The molecular formula is C22H20N2O. The molecule has 0 unspecified atom stereocenters. The smallest absolute Gasteiger partial charge is 0.0878 e. The Labute approximate surface area is 147 Å². The average molecular weight is 328 g/mol. The number of hydrogen-bond acceptors (Lipinski definition) is 3. The third-order valence-electron chi connectivity index (χ3n) is 5.06. The van der Waals surface area contributed by atoms with Crippen LogP contribution in [0.15, 0.2) is 78.2 Å². The van der Waals surface area contributed by atoms with Gasteiger partial charge in [0.25, 0.3) is 0 Å². The van der Waals surface area contributed by atoms with Gasteiger partial charge in [-0.25, -0.2) is 0 Å². The van der Waals surface area contributed by atoms with Crippen LogP contribution < -0.4 is 0 Å². The van der Waals surface area contributed by atoms with Crippen LogP contribution in [0.5, 0.6) is 0 Å². The lowest BCUT2D eigenvalue weighted by atomic mass is 9.83. The van der Waals surface area contributed by atoms with Crippen LogP contribution in [0.3, 0.4) is 0 Å². The first-order valence-electron chi connectivity index (χ1n) is 8.63. The third-order valence-corrected chi connectivity index (χ3v) is 5.06. The van der Waals surface area contributed by atoms with Crippen molar-refractivity contribution in [2.24, 2.45) is 5.16 Å². The van der Waals surface area contributed by atoms with Crippen LogP contribution in [0.4, 0.5) is 0 Å². The molecule has 1 aromatic heterocycles. The van der Waals surface area contributed by atoms with Crippen molar-refractivity contribution in [3.8, 4) is 0 Å². The minimum atomic E-state index is 0.189. The van der Waals surface area contributed by atoms with Crippen molar-refractivity contribution in [1.82, 2.24) is 4.98 Å². The predicted octanol–water partition coefficient (Wildman–Crippen LogP) is 4.58. The first-order valence-corrected chi connectivity index (χ1v) is 8.63. The molecule has 1 heterocycles. The van der Waals surface area contributed by atoms with Gasteiger partial charge in [0.15, 0.2) is 0 Å². The molecule has 1 aliphatic rings. The van der Waals surface area contributed by atoms with E-state index in [9.17, 15) is 5.21 Å². The number of rotatable bonds is 3. The summed E-state index contributed by atoms with van der Waals surface area (Å²) in [5, 5.41) is 13.3. The highest BCUT2D eigenvalue weighted by atomic mass is 16.4. The Morgan fingerprint density at radius 1 is 0.880 bits per heavy atom. The molecule has 4 rings (SSSR count). The van der Waals surface area contributed by atoms with Crippen LogP contribution in [0.1, 0.15) is 40.2 Å². The Morgan fingerprint density at radius 3 is 2.00 bits per heavy atom. The second kappa shape index (κ2) is 6.89. The summed E-state index contributed by atoms with van der Waals surface area (Å²) < 4.78 is 0. The van der Waals surface area contributed by atoms with E-state index in [2.05, 4.69) is 58.7 Å². The van der Waals surface area contributed by atoms with Crippen molar-refractivity contribution < 1.29 is 5.21 Å². The third kappa shape index (κ3) is 3.05. The highest BCUT2D eigenvalue weighted by Gasteiger charge is 2.25. The van der Waals surface area contributed by atoms with Crippen LogP contribution >= 0.6 is 0 Å². The van der Waals surface area contributed by atoms with Crippen molar-refractivity contribution in [2.75, 3.05) is 0 Å². The first kappa shape index (κ1) is 15.6. The fourth-order valence-electron chi connectivity index (χ4n) is 3.81. The molecular weight excluding hydrogens is 308 g/mol. The molecule has 124 valence electrons. The van der Waals surface area contributed by atoms with Gasteiger partial charge in [0.05, 0.1) is 5.71 Å². The zero-order valence-electron chi connectivity index (χ0n) is 14.0. The summed E-state index contributed by atoms with van der Waals surface area (Å²) in [6.07, 6.45) is 6.22. The van der Waals surface area contributed by atoms with E-state index in [1.807, 2.05) is 12.1 Å². The topological polar surface area (TPSA) is 45.5 Å². The van der Waals surface area contributed by atoms with Gasteiger partial charge in [-0.15, -0.1) is 0 Å². The quantitative estimate of drug-likeness (QED) is 0.434. The Hall–Kier alpha value is -2.94. The van der Waals surface area contributed by atoms with Gasteiger partial charge in [0, 0.05) is 30.3 Å². The molecule has 0 fully saturated rings. The van der Waals surface area contributed by atoms with E-state index in [0.717, 1.165) is 18.4 Å². The molecule has 0 saturated carbocycles. The molecule has 0 atom stereocenters. The molecule has 2 aromatic carbocycles. The highest BCUT2D eigenvalue weighted by molar-refractivity contribution is 6.00. The highest BCUT2D eigenvalue weighted by Crippen LogP contribution is 2.37. The van der Waals surface area contributed by atoms with E-state index in [4.69, 9.17) is 0 Å². The van der Waals surface area contributed by atoms with Gasteiger partial charge in [-0.05, 0) is 47.2 Å². The number of fused-ring (bicyclic) bond motifs is 2. The standard InChI is InChI=1S/C22H20N2O/c25-24-22(18-11-13-23-14-12-18)15-21-19-7-3-1-5-16(19)9-10-17-6-2-4-8-20(17)21/h1-8,11-14,21,25H,9-10,15H2/b24-22+. The maximum absolute atomic E-state index is 9.64. The van der Waals surface area contributed by atoms with E-state index < -0.39 is 0 Å². The largest absolute Gasteiger partial charge is 0.411 e. The average Bonchev–Trinajstić information content (AvgIpc) is 2.84. The summed E-state index contributed by atoms with van der Waals surface area (Å²) >= 11 is 0. The van der Waals surface area contributed by atoms with Crippen LogP contribution in [-0.2, 0) is 12.8 Å². The Balaban J connectivity index is 1.80. The van der Waals surface area contributed by atoms with Crippen LogP contribution in [-0.4, -0.2) is 15.9 Å². The van der Waals surface area contributed by atoms with E-state index >= 15 is 0 Å². The van der Waals surface area contributed by atoms with E-state index in [-0.39, 0.29) is 5.92 Å². The van der Waals surface area contributed by atoms with Gasteiger partial charge in [0.1, 0.15) is 0 Å². The van der Waals surface area contributed by atoms with Gasteiger partial charge in [-0.2, -0.15) is 0 Å². The van der Waals surface area contributed by atoms with Crippen LogP contribution in [0.2, 0.25) is 0 Å². The molecule has 0 saturated heterocycles. The lowest BCUT2D eigenvalue weighted by molar-refractivity contribution is 0.317. The normalized spacial score (nSPS) is 14.5. The number of aromatic nitrogens is 1. The lowest BCUT2D eigenvalue weighted by Gasteiger charge is -2.21. The van der Waals surface area contributed by atoms with Crippen molar-refractivity contribution in [3.05, 3.63) is 101 Å². The molecule has 3 nitrogen and oxygen atoms in total. The summed E-state index contributed by atoms with van der Waals surface area (Å²) in [7, 11) is 0. The van der Waals surface area contributed by atoms with E-state index in [0.29, 0.717) is 12.1 Å². The molecule has 0 radical (unpaired) electrons. The maximum atomic E-state index is 9.64. The van der Waals surface area contributed by atoms with Crippen LogP contribution in [0.25, 0.3) is 0 Å². The number of pyridine rings is 1. The number of hydrogen-bond donors (Lipinski definition) is 1. The van der Waals surface area contributed by atoms with Crippen molar-refractivity contribution in [2.45, 2.75) is 25.2 Å². The van der Waals surface area contributed by atoms with Gasteiger partial charge in [-0.3, -0.25) is 4.98 Å². The van der Waals surface area contributed by atoms with Gasteiger partial charge < -0.3 is 5.21 Å². The van der Waals surface area contributed by atoms with Gasteiger partial charge >= 0.3 is 0 Å². The summed E-state index contributed by atoms with van der Waals surface area (Å²) in [5.41, 5.74) is 7.05. The molecule has 0 amide bonds. The monoisotopic (exact) mass is 328 g/mol. The Bertz CT molecular complexity index is 855. The fourth-order valence-corrected chi connectivity index (χ4v) is 3.81.